The van der Waals surface area contributed by atoms with Crippen molar-refractivity contribution < 1.29 is 0 Å². The number of nitrogens with one attached hydrogen (secondary N) is 1. The zero-order valence-corrected chi connectivity index (χ0v) is 7.07. The van der Waals surface area contributed by atoms with E-state index < -0.39 is 0 Å². The van der Waals surface area contributed by atoms with Crippen LogP contribution in [0.25, 0.3) is 0 Å². The molecule has 0 aliphatic carbocycles. The van der Waals surface area contributed by atoms with E-state index in [-0.39, 0.29) is 11.3 Å². The summed E-state index contributed by atoms with van der Waals surface area (Å²) >= 11 is -0.0772. The van der Waals surface area contributed by atoms with Gasteiger partial charge in [-0.15, -0.1) is 11.3 Å². The van der Waals surface area contributed by atoms with Crippen LogP contribution >= 0.6 is 11.3 Å². The molecule has 0 aromatic heterocycles. The van der Waals surface area contributed by atoms with Gasteiger partial charge in [0, 0.05) is 17.6 Å². The van der Waals surface area contributed by atoms with Crippen LogP contribution in [0.1, 0.15) is 13.8 Å². The van der Waals surface area contributed by atoms with Gasteiger partial charge in [-0.05, 0) is 14.0 Å². The molecule has 0 aromatic rings. The highest BCUT2D eigenvalue weighted by atomic mass is 32.2. The van der Waals surface area contributed by atoms with Crippen molar-refractivity contribution >= 4 is 11.3 Å². The molecular weight excluding hydrogens is 132 g/mol. The maximum atomic E-state index is 3.35. The van der Waals surface area contributed by atoms with Crippen molar-refractivity contribution in [2.45, 2.75) is 13.8 Å². The van der Waals surface area contributed by atoms with Gasteiger partial charge in [0.15, 0.2) is 0 Å². The van der Waals surface area contributed by atoms with E-state index in [0.29, 0.717) is 0 Å². The molecule has 1 rings (SSSR count). The second kappa shape index (κ2) is 2.62. The molecule has 1 heterocycles. The molecule has 0 radical (unpaired) electrons. The van der Waals surface area contributed by atoms with Gasteiger partial charge in [0.05, 0.1) is 0 Å². The monoisotopic (exact) mass is 146 g/mol. The zero-order chi connectivity index (χ0) is 6.85. The second-order valence-electron chi connectivity index (χ2n) is 2.24. The molecule has 3 heteroatoms. The molecule has 1 unspecified atom stereocenters. The zero-order valence-electron chi connectivity index (χ0n) is 6.18. The quantitative estimate of drug-likeness (QED) is 0.570. The Balaban J connectivity index is 2.32. The first-order valence-electron chi connectivity index (χ1n) is 3.19. The predicted molar refractivity (Wildman–Crippen MR) is 44.2 cm³/mol. The molecular formula is C6H14N2S. The molecule has 54 valence electrons. The second-order valence-corrected chi connectivity index (χ2v) is 4.10. The molecule has 0 aromatic carbocycles. The fourth-order valence-electron chi connectivity index (χ4n) is 0.695. The summed E-state index contributed by atoms with van der Waals surface area (Å²) in [6.45, 7) is 5.40. The molecule has 1 N–H and O–H groups in total. The molecule has 0 bridgehead atoms. The Labute approximate surface area is 59.5 Å². The number of rotatable bonds is 2. The fourth-order valence-corrected chi connectivity index (χ4v) is 2.09. The minimum atomic E-state index is -0.0772. The molecule has 0 amide bonds. The van der Waals surface area contributed by atoms with E-state index in [1.165, 1.54) is 5.70 Å². The third-order valence-corrected chi connectivity index (χ3v) is 3.66. The van der Waals surface area contributed by atoms with Gasteiger partial charge in [0.25, 0.3) is 0 Å². The number of hydrogen-bond donors (Lipinski definition) is 2. The lowest BCUT2D eigenvalue weighted by atomic mass is 10.6. The minimum Gasteiger partial charge on any atom is -0.338 e. The first kappa shape index (κ1) is 6.96. The summed E-state index contributed by atoms with van der Waals surface area (Å²) in [4.78, 5) is 0. The SMILES string of the molecule is CCN(C)[SH]1C=C(C)N1. The normalized spacial score (nSPS) is 28.9. The lowest BCUT2D eigenvalue weighted by Gasteiger charge is -2.37. The van der Waals surface area contributed by atoms with Crippen molar-refractivity contribution in [3.63, 3.8) is 0 Å². The van der Waals surface area contributed by atoms with Gasteiger partial charge in [0.2, 0.25) is 0 Å². The Morgan fingerprint density at radius 3 is 2.67 bits per heavy atom. The highest BCUT2D eigenvalue weighted by Gasteiger charge is 2.12. The van der Waals surface area contributed by atoms with Crippen molar-refractivity contribution in [1.29, 1.82) is 0 Å². The van der Waals surface area contributed by atoms with Crippen molar-refractivity contribution in [3.8, 4) is 0 Å². The first-order valence-corrected chi connectivity index (χ1v) is 4.55. The van der Waals surface area contributed by atoms with E-state index in [1.54, 1.807) is 0 Å². The third kappa shape index (κ3) is 1.40. The molecule has 0 saturated heterocycles. The molecule has 2 nitrogen and oxygen atoms in total. The average molecular weight is 146 g/mol. The van der Waals surface area contributed by atoms with Crippen molar-refractivity contribution in [1.82, 2.24) is 9.03 Å². The van der Waals surface area contributed by atoms with E-state index in [1.807, 2.05) is 0 Å². The Morgan fingerprint density at radius 2 is 2.33 bits per heavy atom. The minimum absolute atomic E-state index is 0.0772. The number of thiol groups is 1. The van der Waals surface area contributed by atoms with E-state index in [2.05, 4.69) is 35.3 Å². The Hall–Kier alpha value is -0.150. The van der Waals surface area contributed by atoms with Crippen molar-refractivity contribution in [2.75, 3.05) is 13.6 Å². The molecule has 1 atom stereocenters. The topological polar surface area (TPSA) is 15.3 Å². The van der Waals surface area contributed by atoms with Crippen LogP contribution in [0.5, 0.6) is 0 Å². The summed E-state index contributed by atoms with van der Waals surface area (Å²) in [6, 6.07) is 0. The van der Waals surface area contributed by atoms with E-state index >= 15 is 0 Å². The van der Waals surface area contributed by atoms with Gasteiger partial charge >= 0.3 is 0 Å². The lowest BCUT2D eigenvalue weighted by molar-refractivity contribution is 0.589. The predicted octanol–water partition coefficient (Wildman–Crippen LogP) is 1.23. The summed E-state index contributed by atoms with van der Waals surface area (Å²) in [5.74, 6) is 0. The van der Waals surface area contributed by atoms with Crippen molar-refractivity contribution in [2.24, 2.45) is 0 Å². The highest BCUT2D eigenvalue weighted by Crippen LogP contribution is 2.35. The van der Waals surface area contributed by atoms with Crippen LogP contribution in [0.4, 0.5) is 0 Å². The van der Waals surface area contributed by atoms with E-state index in [0.717, 1.165) is 6.54 Å². The van der Waals surface area contributed by atoms with Crippen LogP contribution in [-0.4, -0.2) is 17.9 Å². The van der Waals surface area contributed by atoms with E-state index in [4.69, 9.17) is 0 Å². The molecule has 0 fully saturated rings. The van der Waals surface area contributed by atoms with Crippen LogP contribution in [0.2, 0.25) is 0 Å². The molecule has 9 heavy (non-hydrogen) atoms. The van der Waals surface area contributed by atoms with Crippen LogP contribution < -0.4 is 4.72 Å². The summed E-state index contributed by atoms with van der Waals surface area (Å²) in [7, 11) is 2.14. The van der Waals surface area contributed by atoms with Gasteiger partial charge in [-0.2, -0.15) is 0 Å². The summed E-state index contributed by atoms with van der Waals surface area (Å²) in [5.41, 5.74) is 1.32. The van der Waals surface area contributed by atoms with Crippen LogP contribution in [-0.2, 0) is 0 Å². The Kier molecular flexibility index (Phi) is 2.03. The standard InChI is InChI=1S/C6H14N2S/c1-4-8(3)9-5-6(2)7-9/h5,7,9H,4H2,1-3H3. The van der Waals surface area contributed by atoms with Gasteiger partial charge in [0.1, 0.15) is 0 Å². The maximum absolute atomic E-state index is 3.35. The van der Waals surface area contributed by atoms with Crippen LogP contribution in [0, 0.1) is 0 Å². The molecule has 0 spiro atoms. The van der Waals surface area contributed by atoms with Crippen LogP contribution in [0.15, 0.2) is 11.1 Å². The van der Waals surface area contributed by atoms with Crippen molar-refractivity contribution in [3.05, 3.63) is 11.1 Å². The van der Waals surface area contributed by atoms with Crippen LogP contribution in [0.3, 0.4) is 0 Å². The highest BCUT2D eigenvalue weighted by molar-refractivity contribution is 8.17. The van der Waals surface area contributed by atoms with E-state index in [9.17, 15) is 0 Å². The Bertz CT molecular complexity index is 133. The fraction of sp³-hybridized carbons (Fsp3) is 0.667. The first-order chi connectivity index (χ1) is 4.24. The number of nitrogens with zero attached hydrogens (tertiary/aromatic N) is 1. The van der Waals surface area contributed by atoms with Gasteiger partial charge in [-0.1, -0.05) is 6.92 Å². The van der Waals surface area contributed by atoms with Gasteiger partial charge < -0.3 is 4.72 Å². The average Bonchev–Trinajstić information content (AvgIpc) is 1.79. The maximum Gasteiger partial charge on any atom is 0.0249 e. The number of hydrogen-bond acceptors (Lipinski definition) is 2. The molecule has 1 aliphatic heterocycles. The third-order valence-electron chi connectivity index (χ3n) is 1.43. The van der Waals surface area contributed by atoms with Gasteiger partial charge in [-0.3, -0.25) is 4.31 Å². The van der Waals surface area contributed by atoms with Gasteiger partial charge in [-0.25, -0.2) is 0 Å². The summed E-state index contributed by atoms with van der Waals surface area (Å²) < 4.78 is 5.67. The Morgan fingerprint density at radius 1 is 1.78 bits per heavy atom. The number of allylic oxidation sites excluding steroid dienone is 1. The summed E-state index contributed by atoms with van der Waals surface area (Å²) in [5, 5.41) is 2.29. The molecule has 1 aliphatic rings. The summed E-state index contributed by atoms with van der Waals surface area (Å²) in [6.07, 6.45) is 0. The smallest absolute Gasteiger partial charge is 0.0249 e. The molecule has 0 saturated carbocycles. The largest absolute Gasteiger partial charge is 0.338 e. The lowest BCUT2D eigenvalue weighted by Crippen LogP contribution is -2.28.